The molecule has 0 saturated carbocycles. The molecule has 0 aromatic heterocycles. The predicted molar refractivity (Wildman–Crippen MR) is 64.5 cm³/mol. The second-order valence-corrected chi connectivity index (χ2v) is 4.19. The van der Waals surface area contributed by atoms with E-state index in [1.165, 1.54) is 7.11 Å². The lowest BCUT2D eigenvalue weighted by Gasteiger charge is -2.05. The third-order valence-corrected chi connectivity index (χ3v) is 3.02. The third-order valence-electron chi connectivity index (χ3n) is 2.25. The molecule has 0 bridgehead atoms. The number of ether oxygens (including phenoxy) is 1. The summed E-state index contributed by atoms with van der Waals surface area (Å²) >= 11 is 3.34. The molecule has 0 N–H and O–H groups in total. The van der Waals surface area contributed by atoms with Gasteiger partial charge in [0.25, 0.3) is 0 Å². The molecule has 0 aliphatic heterocycles. The van der Waals surface area contributed by atoms with Gasteiger partial charge in [0.15, 0.2) is 5.78 Å². The lowest BCUT2D eigenvalue weighted by atomic mass is 10.0. The first-order valence-corrected chi connectivity index (χ1v) is 5.76. The van der Waals surface area contributed by atoms with Crippen LogP contribution in [-0.4, -0.2) is 18.9 Å². The van der Waals surface area contributed by atoms with Gasteiger partial charge in [-0.1, -0.05) is 28.9 Å². The van der Waals surface area contributed by atoms with Gasteiger partial charge in [-0.05, 0) is 17.7 Å². The molecule has 1 rings (SSSR count). The minimum atomic E-state index is -0.318. The fourth-order valence-electron chi connectivity index (χ4n) is 1.32. The first kappa shape index (κ1) is 12.9. The van der Waals surface area contributed by atoms with E-state index in [2.05, 4.69) is 20.7 Å². The van der Waals surface area contributed by atoms with Gasteiger partial charge in [0.2, 0.25) is 0 Å². The summed E-state index contributed by atoms with van der Waals surface area (Å²) in [7, 11) is 1.34. The molecular weight excluding hydrogens is 272 g/mol. The molecule has 16 heavy (non-hydrogen) atoms. The Balaban J connectivity index is 2.99. The molecule has 0 spiro atoms. The van der Waals surface area contributed by atoms with Gasteiger partial charge in [-0.25, -0.2) is 0 Å². The third kappa shape index (κ3) is 3.17. The monoisotopic (exact) mass is 284 g/mol. The Labute approximate surface area is 103 Å². The van der Waals surface area contributed by atoms with Gasteiger partial charge in [-0.3, -0.25) is 9.59 Å². The van der Waals surface area contributed by atoms with Crippen molar-refractivity contribution >= 4 is 27.7 Å². The van der Waals surface area contributed by atoms with Gasteiger partial charge in [0.1, 0.15) is 0 Å². The minimum Gasteiger partial charge on any atom is -0.469 e. The fourth-order valence-corrected chi connectivity index (χ4v) is 1.70. The molecule has 3 nitrogen and oxygen atoms in total. The van der Waals surface area contributed by atoms with E-state index in [1.807, 2.05) is 6.92 Å². The highest BCUT2D eigenvalue weighted by molar-refractivity contribution is 9.10. The van der Waals surface area contributed by atoms with Gasteiger partial charge in [-0.2, -0.15) is 0 Å². The molecule has 4 heteroatoms. The maximum atomic E-state index is 11.5. The van der Waals surface area contributed by atoms with E-state index in [-0.39, 0.29) is 18.2 Å². The summed E-state index contributed by atoms with van der Waals surface area (Å²) < 4.78 is 5.40. The van der Waals surface area contributed by atoms with Crippen LogP contribution >= 0.6 is 15.9 Å². The van der Waals surface area contributed by atoms with Crippen molar-refractivity contribution in [2.24, 2.45) is 0 Å². The predicted octanol–water partition coefficient (Wildman–Crippen LogP) is 2.76. The Bertz CT molecular complexity index is 413. The molecule has 1 aromatic rings. The van der Waals surface area contributed by atoms with E-state index in [1.54, 1.807) is 18.2 Å². The summed E-state index contributed by atoms with van der Waals surface area (Å²) in [5.41, 5.74) is 1.40. The van der Waals surface area contributed by atoms with Crippen molar-refractivity contribution in [1.82, 2.24) is 0 Å². The van der Waals surface area contributed by atoms with Crippen molar-refractivity contribution in [3.63, 3.8) is 0 Å². The number of hydrogen-bond donors (Lipinski definition) is 0. The quantitative estimate of drug-likeness (QED) is 0.631. The Morgan fingerprint density at radius 2 is 2.06 bits per heavy atom. The van der Waals surface area contributed by atoms with E-state index in [9.17, 15) is 9.59 Å². The lowest BCUT2D eigenvalue weighted by molar-refractivity contribution is -0.139. The van der Waals surface area contributed by atoms with E-state index in [0.717, 1.165) is 10.0 Å². The Kier molecular flexibility index (Phi) is 4.68. The Hall–Kier alpha value is -1.16. The molecule has 0 radical (unpaired) electrons. The van der Waals surface area contributed by atoms with Crippen LogP contribution in [0, 0.1) is 0 Å². The number of carbonyl (C=O) groups is 2. The largest absolute Gasteiger partial charge is 0.469 e. The van der Waals surface area contributed by atoms with Crippen LogP contribution in [0.2, 0.25) is 0 Å². The average Bonchev–Trinajstić information content (AvgIpc) is 2.30. The highest BCUT2D eigenvalue weighted by Gasteiger charge is 2.10. The number of Topliss-reactive ketones (excluding diaryl/α,β-unsaturated/α-hetero) is 1. The molecule has 0 fully saturated rings. The van der Waals surface area contributed by atoms with Crippen LogP contribution in [-0.2, 0) is 16.0 Å². The highest BCUT2D eigenvalue weighted by Crippen LogP contribution is 2.20. The number of ketones is 1. The number of rotatable bonds is 4. The molecule has 0 amide bonds. The van der Waals surface area contributed by atoms with E-state index < -0.39 is 0 Å². The average molecular weight is 285 g/mol. The van der Waals surface area contributed by atoms with Crippen molar-refractivity contribution < 1.29 is 14.3 Å². The fraction of sp³-hybridized carbons (Fsp3) is 0.333. The zero-order valence-corrected chi connectivity index (χ0v) is 10.8. The highest BCUT2D eigenvalue weighted by atomic mass is 79.9. The number of hydrogen-bond acceptors (Lipinski definition) is 3. The topological polar surface area (TPSA) is 43.4 Å². The number of halogens is 1. The van der Waals surface area contributed by atoms with E-state index in [4.69, 9.17) is 0 Å². The first-order chi connectivity index (χ1) is 7.58. The number of methoxy groups -OCH3 is 1. The maximum Gasteiger partial charge on any atom is 0.310 e. The standard InChI is InChI=1S/C12H13BrO3/c1-3-11(14)8-4-5-10(13)9(6-8)7-12(15)16-2/h4-6H,3,7H2,1-2H3. The van der Waals surface area contributed by atoms with Crippen LogP contribution in [0.3, 0.4) is 0 Å². The van der Waals surface area contributed by atoms with Crippen LogP contribution < -0.4 is 0 Å². The molecule has 0 atom stereocenters. The molecule has 0 aliphatic carbocycles. The summed E-state index contributed by atoms with van der Waals surface area (Å²) in [5, 5.41) is 0. The number of benzene rings is 1. The molecular formula is C12H13BrO3. The molecule has 0 unspecified atom stereocenters. The molecule has 1 aromatic carbocycles. The van der Waals surface area contributed by atoms with Crippen molar-refractivity contribution in [2.75, 3.05) is 7.11 Å². The van der Waals surface area contributed by atoms with Crippen molar-refractivity contribution in [1.29, 1.82) is 0 Å². The summed E-state index contributed by atoms with van der Waals surface area (Å²) in [4.78, 5) is 22.7. The zero-order chi connectivity index (χ0) is 12.1. The second-order valence-electron chi connectivity index (χ2n) is 3.34. The van der Waals surface area contributed by atoms with Gasteiger partial charge in [0, 0.05) is 16.5 Å². The van der Waals surface area contributed by atoms with Gasteiger partial charge >= 0.3 is 5.97 Å². The molecule has 0 heterocycles. The summed E-state index contributed by atoms with van der Waals surface area (Å²) in [6, 6.07) is 5.25. The van der Waals surface area contributed by atoms with Crippen LogP contribution in [0.5, 0.6) is 0 Å². The van der Waals surface area contributed by atoms with E-state index >= 15 is 0 Å². The molecule has 0 saturated heterocycles. The molecule has 0 aliphatic rings. The van der Waals surface area contributed by atoms with Crippen LogP contribution in [0.4, 0.5) is 0 Å². The van der Waals surface area contributed by atoms with Gasteiger partial charge in [0.05, 0.1) is 13.5 Å². The van der Waals surface area contributed by atoms with Crippen LogP contribution in [0.15, 0.2) is 22.7 Å². The summed E-state index contributed by atoms with van der Waals surface area (Å²) in [6.45, 7) is 1.81. The Morgan fingerprint density at radius 1 is 1.38 bits per heavy atom. The summed E-state index contributed by atoms with van der Waals surface area (Å²) in [5.74, 6) is -0.250. The normalized spacial score (nSPS) is 9.94. The SMILES string of the molecule is CCC(=O)c1ccc(Br)c(CC(=O)OC)c1. The Morgan fingerprint density at radius 3 is 2.62 bits per heavy atom. The number of esters is 1. The van der Waals surface area contributed by atoms with Crippen LogP contribution in [0.25, 0.3) is 0 Å². The molecule has 86 valence electrons. The summed E-state index contributed by atoms with van der Waals surface area (Å²) in [6.07, 6.45) is 0.626. The number of carbonyl (C=O) groups excluding carboxylic acids is 2. The minimum absolute atomic E-state index is 0.0682. The lowest BCUT2D eigenvalue weighted by Crippen LogP contribution is -2.06. The second kappa shape index (κ2) is 5.80. The van der Waals surface area contributed by atoms with Crippen molar-refractivity contribution in [3.8, 4) is 0 Å². The van der Waals surface area contributed by atoms with Crippen LogP contribution in [0.1, 0.15) is 29.3 Å². The van der Waals surface area contributed by atoms with E-state index in [0.29, 0.717) is 12.0 Å². The smallest absolute Gasteiger partial charge is 0.310 e. The maximum absolute atomic E-state index is 11.5. The van der Waals surface area contributed by atoms with Crippen molar-refractivity contribution in [3.05, 3.63) is 33.8 Å². The zero-order valence-electron chi connectivity index (χ0n) is 9.25. The van der Waals surface area contributed by atoms with Gasteiger partial charge < -0.3 is 4.74 Å². The van der Waals surface area contributed by atoms with Gasteiger partial charge in [-0.15, -0.1) is 0 Å². The van der Waals surface area contributed by atoms with Crippen molar-refractivity contribution in [2.45, 2.75) is 19.8 Å². The first-order valence-electron chi connectivity index (χ1n) is 4.97.